The number of nitrogens with zero attached hydrogens (tertiary/aromatic N) is 3. The number of aromatic nitrogens is 3. The molecular weight excluding hydrogens is 452 g/mol. The van der Waals surface area contributed by atoms with Crippen LogP contribution in [0.5, 0.6) is 0 Å². The fourth-order valence-electron chi connectivity index (χ4n) is 2.70. The Morgan fingerprint density at radius 1 is 1.12 bits per heavy atom. The summed E-state index contributed by atoms with van der Waals surface area (Å²) in [6.45, 7) is 4.44. The van der Waals surface area contributed by atoms with Gasteiger partial charge in [0.1, 0.15) is 0 Å². The van der Waals surface area contributed by atoms with E-state index in [-0.39, 0.29) is 28.8 Å². The molecular formula is C21H25ClN6O3S. The summed E-state index contributed by atoms with van der Waals surface area (Å²) in [5.41, 5.74) is 7.29. The van der Waals surface area contributed by atoms with E-state index in [2.05, 4.69) is 25.0 Å². The molecule has 0 aliphatic heterocycles. The van der Waals surface area contributed by atoms with E-state index in [4.69, 9.17) is 5.73 Å². The van der Waals surface area contributed by atoms with Crippen molar-refractivity contribution in [2.45, 2.75) is 25.2 Å². The lowest BCUT2D eigenvalue weighted by atomic mass is 10.1. The maximum atomic E-state index is 12.5. The van der Waals surface area contributed by atoms with E-state index in [9.17, 15) is 13.2 Å². The van der Waals surface area contributed by atoms with Crippen LogP contribution in [-0.2, 0) is 10.0 Å². The van der Waals surface area contributed by atoms with Crippen molar-refractivity contribution in [2.24, 2.45) is 5.92 Å². The minimum Gasteiger partial charge on any atom is -0.382 e. The van der Waals surface area contributed by atoms with Crippen LogP contribution in [0.25, 0.3) is 11.3 Å². The van der Waals surface area contributed by atoms with Crippen molar-refractivity contribution in [3.63, 3.8) is 0 Å². The van der Waals surface area contributed by atoms with Gasteiger partial charge in [-0.2, -0.15) is 0 Å². The highest BCUT2D eigenvalue weighted by Crippen LogP contribution is 2.21. The molecule has 0 spiro atoms. The van der Waals surface area contributed by atoms with Gasteiger partial charge in [0, 0.05) is 18.3 Å². The molecule has 3 rings (SSSR count). The number of nitrogen functional groups attached to an aromatic ring is 1. The smallest absolute Gasteiger partial charge is 0.278 e. The predicted octanol–water partition coefficient (Wildman–Crippen LogP) is 3.12. The Morgan fingerprint density at radius 3 is 2.47 bits per heavy atom. The third-order valence-electron chi connectivity index (χ3n) is 4.41. The van der Waals surface area contributed by atoms with Crippen molar-refractivity contribution in [1.82, 2.24) is 19.7 Å². The summed E-state index contributed by atoms with van der Waals surface area (Å²) in [5.74, 6) is -0.134. The van der Waals surface area contributed by atoms with E-state index in [1.54, 1.807) is 30.5 Å². The Kier molecular flexibility index (Phi) is 8.64. The van der Waals surface area contributed by atoms with Gasteiger partial charge in [-0.25, -0.2) is 23.1 Å². The van der Waals surface area contributed by atoms with Gasteiger partial charge in [-0.15, -0.1) is 12.4 Å². The largest absolute Gasteiger partial charge is 0.382 e. The van der Waals surface area contributed by atoms with Crippen LogP contribution >= 0.6 is 12.4 Å². The van der Waals surface area contributed by atoms with E-state index >= 15 is 0 Å². The number of nitrogens with one attached hydrogen (secondary N) is 2. The zero-order valence-electron chi connectivity index (χ0n) is 17.6. The average molecular weight is 477 g/mol. The number of nitrogens with two attached hydrogens (primary N) is 1. The maximum Gasteiger partial charge on any atom is 0.278 e. The van der Waals surface area contributed by atoms with Crippen LogP contribution in [0.1, 0.15) is 30.8 Å². The second kappa shape index (κ2) is 11.0. The minimum atomic E-state index is -3.59. The van der Waals surface area contributed by atoms with Gasteiger partial charge in [0.05, 0.1) is 28.7 Å². The number of carbonyl (C=O) groups is 1. The highest BCUT2D eigenvalue weighted by Gasteiger charge is 2.17. The van der Waals surface area contributed by atoms with Crippen molar-refractivity contribution in [3.8, 4) is 11.3 Å². The molecule has 32 heavy (non-hydrogen) atoms. The molecule has 4 N–H and O–H groups in total. The van der Waals surface area contributed by atoms with Crippen molar-refractivity contribution >= 4 is 39.8 Å². The van der Waals surface area contributed by atoms with Gasteiger partial charge < -0.3 is 11.1 Å². The molecule has 2 heterocycles. The lowest BCUT2D eigenvalue weighted by Crippen LogP contribution is -2.25. The first-order valence-electron chi connectivity index (χ1n) is 9.70. The molecule has 3 aromatic rings. The van der Waals surface area contributed by atoms with Crippen molar-refractivity contribution in [2.75, 3.05) is 17.6 Å². The Balaban J connectivity index is 0.00000363. The van der Waals surface area contributed by atoms with E-state index in [1.165, 1.54) is 24.5 Å². The molecule has 0 radical (unpaired) electrons. The first-order chi connectivity index (χ1) is 14.8. The second-order valence-electron chi connectivity index (χ2n) is 7.29. The lowest BCUT2D eigenvalue weighted by molar-refractivity contribution is 0.102. The predicted molar refractivity (Wildman–Crippen MR) is 126 cm³/mol. The van der Waals surface area contributed by atoms with Gasteiger partial charge in [0.15, 0.2) is 11.5 Å². The SMILES string of the molecule is CC(C)CCNS(=O)(=O)c1ccc(-c2cnc(N)c(C(=O)Nc3cccnc3)n2)cc1.Cl. The molecule has 0 fully saturated rings. The monoisotopic (exact) mass is 476 g/mol. The summed E-state index contributed by atoms with van der Waals surface area (Å²) in [6, 6.07) is 9.57. The number of pyridine rings is 1. The average Bonchev–Trinajstić information content (AvgIpc) is 2.74. The quantitative estimate of drug-likeness (QED) is 0.453. The highest BCUT2D eigenvalue weighted by molar-refractivity contribution is 7.89. The maximum absolute atomic E-state index is 12.5. The molecule has 0 saturated carbocycles. The van der Waals surface area contributed by atoms with E-state index in [1.807, 2.05) is 13.8 Å². The standard InChI is InChI=1S/C21H24N6O3S.ClH/c1-14(2)9-11-25-31(29,30)17-7-5-15(6-8-17)18-13-24-20(22)19(27-18)21(28)26-16-4-3-10-23-12-16;/h3-8,10,12-14,25H,9,11H2,1-2H3,(H2,22,24)(H,26,28);1H. The Labute approximate surface area is 193 Å². The summed E-state index contributed by atoms with van der Waals surface area (Å²) < 4.78 is 27.4. The van der Waals surface area contributed by atoms with Crippen LogP contribution in [0.2, 0.25) is 0 Å². The topological polar surface area (TPSA) is 140 Å². The Morgan fingerprint density at radius 2 is 1.84 bits per heavy atom. The van der Waals surface area contributed by atoms with Gasteiger partial charge >= 0.3 is 0 Å². The van der Waals surface area contributed by atoms with E-state index in [0.29, 0.717) is 29.4 Å². The molecule has 0 unspecified atom stereocenters. The number of carbonyl (C=O) groups excluding carboxylic acids is 1. The zero-order chi connectivity index (χ0) is 22.4. The number of rotatable bonds is 8. The molecule has 9 nitrogen and oxygen atoms in total. The number of anilines is 2. The second-order valence-corrected chi connectivity index (χ2v) is 9.06. The number of hydrogen-bond acceptors (Lipinski definition) is 7. The normalized spacial score (nSPS) is 11.1. The third kappa shape index (κ3) is 6.46. The first-order valence-corrected chi connectivity index (χ1v) is 11.2. The van der Waals surface area contributed by atoms with Crippen LogP contribution in [0.4, 0.5) is 11.5 Å². The fourth-order valence-corrected chi connectivity index (χ4v) is 3.75. The number of benzene rings is 1. The summed E-state index contributed by atoms with van der Waals surface area (Å²) in [4.78, 5) is 25.0. The van der Waals surface area contributed by atoms with Crippen molar-refractivity contribution < 1.29 is 13.2 Å². The van der Waals surface area contributed by atoms with Crippen LogP contribution in [0, 0.1) is 5.92 Å². The summed E-state index contributed by atoms with van der Waals surface area (Å²) in [5, 5.41) is 2.66. The number of amides is 1. The molecule has 0 aliphatic rings. The molecule has 0 bridgehead atoms. The lowest BCUT2D eigenvalue weighted by Gasteiger charge is -2.10. The zero-order valence-corrected chi connectivity index (χ0v) is 19.3. The van der Waals surface area contributed by atoms with Crippen LogP contribution in [0.15, 0.2) is 59.9 Å². The summed E-state index contributed by atoms with van der Waals surface area (Å²) >= 11 is 0. The van der Waals surface area contributed by atoms with Crippen LogP contribution in [0.3, 0.4) is 0 Å². The van der Waals surface area contributed by atoms with Crippen LogP contribution in [-0.4, -0.2) is 35.8 Å². The van der Waals surface area contributed by atoms with E-state index in [0.717, 1.165) is 6.42 Å². The molecule has 11 heteroatoms. The highest BCUT2D eigenvalue weighted by atomic mass is 35.5. The van der Waals surface area contributed by atoms with E-state index < -0.39 is 15.9 Å². The Bertz CT molecular complexity index is 1160. The summed E-state index contributed by atoms with van der Waals surface area (Å²) in [7, 11) is -3.59. The molecule has 1 amide bonds. The molecule has 0 saturated heterocycles. The van der Waals surface area contributed by atoms with Gasteiger partial charge in [0.25, 0.3) is 5.91 Å². The van der Waals surface area contributed by atoms with Crippen molar-refractivity contribution in [1.29, 1.82) is 0 Å². The van der Waals surface area contributed by atoms with Gasteiger partial charge in [0.2, 0.25) is 10.0 Å². The van der Waals surface area contributed by atoms with Crippen molar-refractivity contribution in [3.05, 3.63) is 60.7 Å². The number of sulfonamides is 1. The number of halogens is 1. The van der Waals surface area contributed by atoms with Crippen LogP contribution < -0.4 is 15.8 Å². The molecule has 0 atom stereocenters. The Hall–Kier alpha value is -3.08. The summed E-state index contributed by atoms with van der Waals surface area (Å²) in [6.07, 6.45) is 5.27. The van der Waals surface area contributed by atoms with Gasteiger partial charge in [-0.05, 0) is 36.6 Å². The molecule has 2 aromatic heterocycles. The number of hydrogen-bond donors (Lipinski definition) is 3. The van der Waals surface area contributed by atoms with Gasteiger partial charge in [-0.1, -0.05) is 26.0 Å². The molecule has 0 aliphatic carbocycles. The third-order valence-corrected chi connectivity index (χ3v) is 5.89. The van der Waals surface area contributed by atoms with Gasteiger partial charge in [-0.3, -0.25) is 9.78 Å². The minimum absolute atomic E-state index is 0. The fraction of sp³-hybridized carbons (Fsp3) is 0.238. The first kappa shape index (κ1) is 25.2. The molecule has 1 aromatic carbocycles. The molecule has 170 valence electrons.